The lowest BCUT2D eigenvalue weighted by Crippen LogP contribution is -2.21. The Morgan fingerprint density at radius 1 is 1.41 bits per heavy atom. The average Bonchev–Trinajstić information content (AvgIpc) is 2.67. The van der Waals surface area contributed by atoms with Gasteiger partial charge in [0.05, 0.1) is 6.61 Å². The van der Waals surface area contributed by atoms with E-state index in [1.807, 2.05) is 0 Å². The maximum Gasteiger partial charge on any atom is 0.409 e. The first-order chi connectivity index (χ1) is 8.15. The van der Waals surface area contributed by atoms with Crippen LogP contribution in [0.4, 0.5) is 10.5 Å². The van der Waals surface area contributed by atoms with Crippen LogP contribution in [0.15, 0.2) is 24.3 Å². The van der Waals surface area contributed by atoms with Crippen LogP contribution in [-0.2, 0) is 9.53 Å². The lowest BCUT2D eigenvalue weighted by molar-refractivity contribution is -0.143. The van der Waals surface area contributed by atoms with Crippen LogP contribution in [0, 0.1) is 0 Å². The summed E-state index contributed by atoms with van der Waals surface area (Å²) >= 11 is 0. The van der Waals surface area contributed by atoms with E-state index in [0.717, 1.165) is 0 Å². The van der Waals surface area contributed by atoms with Crippen LogP contribution >= 0.6 is 0 Å². The van der Waals surface area contributed by atoms with Crippen molar-refractivity contribution in [1.29, 1.82) is 0 Å². The first-order valence-electron chi connectivity index (χ1n) is 5.08. The molecule has 1 saturated heterocycles. The van der Waals surface area contributed by atoms with E-state index in [1.54, 1.807) is 24.3 Å². The van der Waals surface area contributed by atoms with Gasteiger partial charge in [0.2, 0.25) is 0 Å². The van der Waals surface area contributed by atoms with Crippen LogP contribution in [0.5, 0.6) is 5.75 Å². The van der Waals surface area contributed by atoms with Crippen molar-refractivity contribution in [1.82, 2.24) is 0 Å². The van der Waals surface area contributed by atoms with Crippen LogP contribution in [0.2, 0.25) is 0 Å². The van der Waals surface area contributed by atoms with Gasteiger partial charge in [0.1, 0.15) is 5.75 Å². The summed E-state index contributed by atoms with van der Waals surface area (Å²) in [5.41, 5.74) is 0.443. The third-order valence-electron chi connectivity index (χ3n) is 2.27. The van der Waals surface area contributed by atoms with E-state index >= 15 is 0 Å². The molecule has 1 fully saturated rings. The molecule has 2 N–H and O–H groups in total. The van der Waals surface area contributed by atoms with Gasteiger partial charge in [0.25, 0.3) is 0 Å². The monoisotopic (exact) mass is 237 g/mol. The van der Waals surface area contributed by atoms with Gasteiger partial charge in [-0.1, -0.05) is 0 Å². The Morgan fingerprint density at radius 2 is 2.12 bits per heavy atom. The Bertz CT molecular complexity index is 428. The zero-order valence-corrected chi connectivity index (χ0v) is 8.88. The summed E-state index contributed by atoms with van der Waals surface area (Å²) < 4.78 is 10.2. The molecule has 1 aromatic carbocycles. The maximum atomic E-state index is 11.2. The van der Waals surface area contributed by atoms with E-state index < -0.39 is 12.2 Å². The lowest BCUT2D eigenvalue weighted by atomic mass is 10.3. The summed E-state index contributed by atoms with van der Waals surface area (Å²) in [5, 5.41) is 10.7. The maximum absolute atomic E-state index is 11.2. The molecule has 1 heterocycles. The minimum atomic E-state index is -1.13. The molecular weight excluding hydrogens is 226 g/mol. The molecule has 0 saturated carbocycles. The van der Waals surface area contributed by atoms with Crippen LogP contribution < -0.4 is 10.1 Å². The Labute approximate surface area is 97.1 Å². The summed E-state index contributed by atoms with van der Waals surface area (Å²) in [7, 11) is 0. The SMILES string of the molecule is O=C(O)Nc1ccc(OC2CCOC2=O)cc1. The molecular formula is C11H11NO5. The zero-order valence-electron chi connectivity index (χ0n) is 8.88. The fraction of sp³-hybridized carbons (Fsp3) is 0.273. The Morgan fingerprint density at radius 3 is 2.65 bits per heavy atom. The van der Waals surface area contributed by atoms with Crippen LogP contribution in [0.3, 0.4) is 0 Å². The van der Waals surface area contributed by atoms with E-state index in [9.17, 15) is 9.59 Å². The third kappa shape index (κ3) is 2.87. The van der Waals surface area contributed by atoms with E-state index in [0.29, 0.717) is 24.5 Å². The van der Waals surface area contributed by atoms with Crippen LogP contribution in [0.25, 0.3) is 0 Å². The molecule has 17 heavy (non-hydrogen) atoms. The Hall–Kier alpha value is -2.24. The first kappa shape index (κ1) is 11.3. The number of hydrogen-bond donors (Lipinski definition) is 2. The molecule has 90 valence electrons. The van der Waals surface area contributed by atoms with Crippen molar-refractivity contribution in [3.63, 3.8) is 0 Å². The van der Waals surface area contributed by atoms with Gasteiger partial charge in [-0.05, 0) is 24.3 Å². The molecule has 1 aliphatic rings. The molecule has 1 aliphatic heterocycles. The molecule has 1 aromatic rings. The second-order valence-corrected chi connectivity index (χ2v) is 3.52. The number of carbonyl (C=O) groups is 2. The fourth-order valence-corrected chi connectivity index (χ4v) is 1.49. The summed E-state index contributed by atoms with van der Waals surface area (Å²) in [5.74, 6) is 0.141. The van der Waals surface area contributed by atoms with Crippen molar-refractivity contribution >= 4 is 17.7 Å². The number of anilines is 1. The highest BCUT2D eigenvalue weighted by Gasteiger charge is 2.28. The molecule has 1 unspecified atom stereocenters. The van der Waals surface area contributed by atoms with Gasteiger partial charge in [-0.2, -0.15) is 0 Å². The van der Waals surface area contributed by atoms with Gasteiger partial charge in [-0.15, -0.1) is 0 Å². The molecule has 0 aliphatic carbocycles. The largest absolute Gasteiger partial charge is 0.479 e. The van der Waals surface area contributed by atoms with E-state index in [1.165, 1.54) is 0 Å². The highest BCUT2D eigenvalue weighted by Crippen LogP contribution is 2.20. The van der Waals surface area contributed by atoms with Crippen LogP contribution in [0.1, 0.15) is 6.42 Å². The summed E-state index contributed by atoms with van der Waals surface area (Å²) in [6, 6.07) is 6.31. The zero-order chi connectivity index (χ0) is 12.3. The standard InChI is InChI=1S/C11H11NO5/c13-10-9(5-6-16-10)17-8-3-1-7(2-4-8)12-11(14)15/h1-4,9,12H,5-6H2,(H,14,15). The topological polar surface area (TPSA) is 84.9 Å². The molecule has 0 spiro atoms. The minimum Gasteiger partial charge on any atom is -0.479 e. The molecule has 6 heteroatoms. The molecule has 1 amide bonds. The molecule has 0 bridgehead atoms. The summed E-state index contributed by atoms with van der Waals surface area (Å²) in [6.07, 6.45) is -1.15. The number of cyclic esters (lactones) is 1. The summed E-state index contributed by atoms with van der Waals surface area (Å²) in [4.78, 5) is 21.5. The van der Waals surface area contributed by atoms with E-state index in [2.05, 4.69) is 5.32 Å². The van der Waals surface area contributed by atoms with Gasteiger partial charge in [0, 0.05) is 12.1 Å². The first-order valence-corrected chi connectivity index (χ1v) is 5.08. The average molecular weight is 237 g/mol. The van der Waals surface area contributed by atoms with Crippen molar-refractivity contribution in [3.05, 3.63) is 24.3 Å². The predicted octanol–water partition coefficient (Wildman–Crippen LogP) is 1.47. The Balaban J connectivity index is 1.98. The highest BCUT2D eigenvalue weighted by molar-refractivity contribution is 5.82. The fourth-order valence-electron chi connectivity index (χ4n) is 1.49. The number of rotatable bonds is 3. The molecule has 0 aromatic heterocycles. The number of nitrogens with one attached hydrogen (secondary N) is 1. The molecule has 0 radical (unpaired) electrons. The van der Waals surface area contributed by atoms with Crippen molar-refractivity contribution in [2.24, 2.45) is 0 Å². The van der Waals surface area contributed by atoms with Crippen molar-refractivity contribution in [2.75, 3.05) is 11.9 Å². The number of amides is 1. The van der Waals surface area contributed by atoms with E-state index in [4.69, 9.17) is 14.6 Å². The van der Waals surface area contributed by atoms with E-state index in [-0.39, 0.29) is 5.97 Å². The summed E-state index contributed by atoms with van der Waals surface area (Å²) in [6.45, 7) is 0.377. The second kappa shape index (κ2) is 4.73. The van der Waals surface area contributed by atoms with Gasteiger partial charge in [0.15, 0.2) is 6.10 Å². The quantitative estimate of drug-likeness (QED) is 0.777. The smallest absolute Gasteiger partial charge is 0.409 e. The molecule has 1 atom stereocenters. The Kier molecular flexibility index (Phi) is 3.13. The number of hydrogen-bond acceptors (Lipinski definition) is 4. The van der Waals surface area contributed by atoms with Gasteiger partial charge < -0.3 is 14.6 Å². The number of carbonyl (C=O) groups excluding carboxylic acids is 1. The van der Waals surface area contributed by atoms with Crippen molar-refractivity contribution in [3.8, 4) is 5.75 Å². The number of benzene rings is 1. The van der Waals surface area contributed by atoms with Gasteiger partial charge in [-0.3, -0.25) is 5.32 Å². The number of esters is 1. The molecule has 6 nitrogen and oxygen atoms in total. The van der Waals surface area contributed by atoms with Gasteiger partial charge >= 0.3 is 12.1 Å². The normalized spacial score (nSPS) is 18.6. The van der Waals surface area contributed by atoms with Crippen LogP contribution in [-0.4, -0.2) is 29.9 Å². The van der Waals surface area contributed by atoms with Crippen molar-refractivity contribution in [2.45, 2.75) is 12.5 Å². The van der Waals surface area contributed by atoms with Crippen molar-refractivity contribution < 1.29 is 24.2 Å². The molecule has 2 rings (SSSR count). The number of ether oxygens (including phenoxy) is 2. The third-order valence-corrected chi connectivity index (χ3v) is 2.27. The van der Waals surface area contributed by atoms with Gasteiger partial charge in [-0.25, -0.2) is 9.59 Å². The predicted molar refractivity (Wildman–Crippen MR) is 58.1 cm³/mol. The number of carboxylic acid groups (broad SMARTS) is 1. The highest BCUT2D eigenvalue weighted by atomic mass is 16.6. The second-order valence-electron chi connectivity index (χ2n) is 3.52. The minimum absolute atomic E-state index is 0.363. The lowest BCUT2D eigenvalue weighted by Gasteiger charge is -2.10.